The van der Waals surface area contributed by atoms with E-state index < -0.39 is 17.7 Å². The molecule has 0 unspecified atom stereocenters. The molecule has 0 spiro atoms. The minimum atomic E-state index is -1.56. The fraction of sp³-hybridized carbons (Fsp3) is 0.467. The van der Waals surface area contributed by atoms with Crippen LogP contribution < -0.4 is 5.32 Å². The SMILES string of the molecule is CCO[C@@](C)(NC(=O)OCc1ccccc1)C(=O)N(C)OC. The Morgan fingerprint density at radius 3 is 2.45 bits per heavy atom. The Kier molecular flexibility index (Phi) is 6.81. The number of nitrogens with one attached hydrogen (secondary N) is 1. The molecule has 1 rings (SSSR count). The highest BCUT2D eigenvalue weighted by molar-refractivity contribution is 5.87. The van der Waals surface area contributed by atoms with E-state index in [1.165, 1.54) is 21.1 Å². The highest BCUT2D eigenvalue weighted by Gasteiger charge is 2.39. The quantitative estimate of drug-likeness (QED) is 0.612. The third-order valence-corrected chi connectivity index (χ3v) is 2.95. The minimum absolute atomic E-state index is 0.100. The molecule has 0 bridgehead atoms. The minimum Gasteiger partial charge on any atom is -0.445 e. The maximum Gasteiger partial charge on any atom is 0.410 e. The van der Waals surface area contributed by atoms with Crippen LogP contribution in [-0.2, 0) is 25.7 Å². The smallest absolute Gasteiger partial charge is 0.410 e. The number of carbonyl (C=O) groups is 2. The highest BCUT2D eigenvalue weighted by atomic mass is 16.7. The Morgan fingerprint density at radius 2 is 1.91 bits per heavy atom. The highest BCUT2D eigenvalue weighted by Crippen LogP contribution is 2.11. The first-order valence-corrected chi connectivity index (χ1v) is 6.88. The van der Waals surface area contributed by atoms with Crippen LogP contribution in [0.15, 0.2) is 30.3 Å². The van der Waals surface area contributed by atoms with Gasteiger partial charge < -0.3 is 9.47 Å². The number of hydrogen-bond acceptors (Lipinski definition) is 5. The summed E-state index contributed by atoms with van der Waals surface area (Å²) in [5, 5.41) is 3.40. The van der Waals surface area contributed by atoms with E-state index in [4.69, 9.17) is 14.3 Å². The Labute approximate surface area is 130 Å². The summed E-state index contributed by atoms with van der Waals surface area (Å²) < 4.78 is 10.4. The molecule has 0 aromatic heterocycles. The second kappa shape index (κ2) is 8.35. The molecular formula is C15H22N2O5. The Bertz CT molecular complexity index is 494. The van der Waals surface area contributed by atoms with Gasteiger partial charge in [-0.05, 0) is 19.4 Å². The van der Waals surface area contributed by atoms with Crippen LogP contribution in [0.25, 0.3) is 0 Å². The molecular weight excluding hydrogens is 288 g/mol. The molecule has 0 fully saturated rings. The average Bonchev–Trinajstić information content (AvgIpc) is 2.52. The average molecular weight is 310 g/mol. The second-order valence-corrected chi connectivity index (χ2v) is 4.64. The lowest BCUT2D eigenvalue weighted by atomic mass is 10.2. The third kappa shape index (κ3) is 5.01. The Hall–Kier alpha value is -2.12. The van der Waals surface area contributed by atoms with Gasteiger partial charge in [-0.15, -0.1) is 0 Å². The first-order valence-electron chi connectivity index (χ1n) is 6.88. The number of hydrogen-bond donors (Lipinski definition) is 1. The zero-order chi connectivity index (χ0) is 16.6. The van der Waals surface area contributed by atoms with E-state index in [1.54, 1.807) is 6.92 Å². The molecule has 122 valence electrons. The van der Waals surface area contributed by atoms with E-state index in [0.717, 1.165) is 10.6 Å². The number of ether oxygens (including phenoxy) is 2. The molecule has 1 atom stereocenters. The van der Waals surface area contributed by atoms with Crippen molar-refractivity contribution < 1.29 is 23.9 Å². The van der Waals surface area contributed by atoms with Crippen molar-refractivity contribution in [1.82, 2.24) is 10.4 Å². The van der Waals surface area contributed by atoms with E-state index >= 15 is 0 Å². The van der Waals surface area contributed by atoms with Crippen molar-refractivity contribution in [2.24, 2.45) is 0 Å². The lowest BCUT2D eigenvalue weighted by molar-refractivity contribution is -0.195. The van der Waals surface area contributed by atoms with Gasteiger partial charge in [0.05, 0.1) is 7.11 Å². The van der Waals surface area contributed by atoms with Gasteiger partial charge in [0.1, 0.15) is 6.61 Å². The van der Waals surface area contributed by atoms with Crippen molar-refractivity contribution >= 4 is 12.0 Å². The molecule has 7 nitrogen and oxygen atoms in total. The predicted octanol–water partition coefficient (Wildman–Crippen LogP) is 1.69. The fourth-order valence-electron chi connectivity index (χ4n) is 1.78. The largest absolute Gasteiger partial charge is 0.445 e. The van der Waals surface area contributed by atoms with E-state index in [0.29, 0.717) is 0 Å². The number of carbonyl (C=O) groups excluding carboxylic acids is 2. The van der Waals surface area contributed by atoms with Crippen LogP contribution in [-0.4, -0.2) is 43.6 Å². The molecule has 0 saturated heterocycles. The molecule has 1 aromatic rings. The molecule has 0 aliphatic heterocycles. The van der Waals surface area contributed by atoms with Crippen molar-refractivity contribution in [3.05, 3.63) is 35.9 Å². The summed E-state index contributed by atoms with van der Waals surface area (Å²) in [5.41, 5.74) is -0.719. The standard InChI is InChI=1S/C15H22N2O5/c1-5-22-15(2,13(18)17(3)20-4)16-14(19)21-11-12-9-7-6-8-10-12/h6-10H,5,11H2,1-4H3,(H,16,19)/t15-/m1/s1. The molecule has 22 heavy (non-hydrogen) atoms. The predicted molar refractivity (Wildman–Crippen MR) is 79.6 cm³/mol. The molecule has 0 radical (unpaired) electrons. The van der Waals surface area contributed by atoms with Gasteiger partial charge in [-0.1, -0.05) is 30.3 Å². The lowest BCUT2D eigenvalue weighted by Gasteiger charge is -2.31. The van der Waals surface area contributed by atoms with Crippen LogP contribution in [0.5, 0.6) is 0 Å². The van der Waals surface area contributed by atoms with Crippen LogP contribution in [0.3, 0.4) is 0 Å². The summed E-state index contributed by atoms with van der Waals surface area (Å²) in [6.45, 7) is 3.50. The molecule has 0 aliphatic carbocycles. The first kappa shape index (κ1) is 17.9. The maximum atomic E-state index is 12.2. The molecule has 1 N–H and O–H groups in total. The Balaban J connectivity index is 2.65. The van der Waals surface area contributed by atoms with Gasteiger partial charge in [-0.3, -0.25) is 14.9 Å². The van der Waals surface area contributed by atoms with Crippen molar-refractivity contribution in [3.63, 3.8) is 0 Å². The van der Waals surface area contributed by atoms with E-state index in [1.807, 2.05) is 30.3 Å². The number of rotatable bonds is 7. The number of hydroxylamine groups is 2. The second-order valence-electron chi connectivity index (χ2n) is 4.64. The fourth-order valence-corrected chi connectivity index (χ4v) is 1.78. The number of benzene rings is 1. The summed E-state index contributed by atoms with van der Waals surface area (Å²) in [4.78, 5) is 28.9. The monoisotopic (exact) mass is 310 g/mol. The topological polar surface area (TPSA) is 77.1 Å². The van der Waals surface area contributed by atoms with Crippen LogP contribution in [0.4, 0.5) is 4.79 Å². The van der Waals surface area contributed by atoms with Crippen molar-refractivity contribution in [1.29, 1.82) is 0 Å². The molecule has 0 saturated carbocycles. The number of likely N-dealkylation sites (N-methyl/N-ethyl adjacent to an activating group) is 1. The maximum absolute atomic E-state index is 12.2. The first-order chi connectivity index (χ1) is 10.4. The van der Waals surface area contributed by atoms with Gasteiger partial charge in [0.15, 0.2) is 0 Å². The summed E-state index contributed by atoms with van der Waals surface area (Å²) in [7, 11) is 2.77. The Morgan fingerprint density at radius 1 is 1.27 bits per heavy atom. The van der Waals surface area contributed by atoms with Gasteiger partial charge in [0.25, 0.3) is 5.91 Å². The van der Waals surface area contributed by atoms with Gasteiger partial charge in [0, 0.05) is 13.7 Å². The zero-order valence-electron chi connectivity index (χ0n) is 13.3. The molecule has 1 aromatic carbocycles. The van der Waals surface area contributed by atoms with Crippen LogP contribution in [0, 0.1) is 0 Å². The molecule has 0 aliphatic rings. The number of amides is 2. The van der Waals surface area contributed by atoms with Crippen LogP contribution in [0.2, 0.25) is 0 Å². The summed E-state index contributed by atoms with van der Waals surface area (Å²) in [6.07, 6.45) is -0.752. The van der Waals surface area contributed by atoms with E-state index in [-0.39, 0.29) is 13.2 Å². The van der Waals surface area contributed by atoms with Crippen LogP contribution >= 0.6 is 0 Å². The summed E-state index contributed by atoms with van der Waals surface area (Å²) in [5.74, 6) is -0.548. The van der Waals surface area contributed by atoms with Gasteiger partial charge in [0.2, 0.25) is 5.72 Å². The number of nitrogens with zero attached hydrogens (tertiary/aromatic N) is 1. The van der Waals surface area contributed by atoms with Crippen molar-refractivity contribution in [2.75, 3.05) is 20.8 Å². The molecule has 0 heterocycles. The van der Waals surface area contributed by atoms with Gasteiger partial charge in [-0.2, -0.15) is 0 Å². The zero-order valence-corrected chi connectivity index (χ0v) is 13.3. The van der Waals surface area contributed by atoms with E-state index in [2.05, 4.69) is 5.32 Å². The van der Waals surface area contributed by atoms with Crippen molar-refractivity contribution in [2.45, 2.75) is 26.2 Å². The van der Waals surface area contributed by atoms with E-state index in [9.17, 15) is 9.59 Å². The molecule has 2 amide bonds. The van der Waals surface area contributed by atoms with Crippen molar-refractivity contribution in [3.8, 4) is 0 Å². The number of alkyl carbamates (subject to hydrolysis) is 1. The molecule has 7 heteroatoms. The summed E-state index contributed by atoms with van der Waals surface area (Å²) >= 11 is 0. The van der Waals surface area contributed by atoms with Gasteiger partial charge in [-0.25, -0.2) is 9.86 Å². The third-order valence-electron chi connectivity index (χ3n) is 2.95. The normalized spacial score (nSPS) is 13.1. The summed E-state index contributed by atoms with van der Waals surface area (Å²) in [6, 6.07) is 9.22. The lowest BCUT2D eigenvalue weighted by Crippen LogP contribution is -2.58. The van der Waals surface area contributed by atoms with Crippen LogP contribution in [0.1, 0.15) is 19.4 Å². The van der Waals surface area contributed by atoms with Gasteiger partial charge >= 0.3 is 6.09 Å².